The number of aliphatic hydroxyl groups is 1. The first kappa shape index (κ1) is 36.0. The molecule has 10 nitrogen and oxygen atoms in total. The smallest absolute Gasteiger partial charge is 0.408 e. The molecule has 4 rings (SSSR count). The van der Waals surface area contributed by atoms with Crippen LogP contribution in [-0.2, 0) is 53.0 Å². The van der Waals surface area contributed by atoms with Gasteiger partial charge in [-0.2, -0.15) is 0 Å². The summed E-state index contributed by atoms with van der Waals surface area (Å²) in [7, 11) is 1.25. The van der Waals surface area contributed by atoms with Crippen LogP contribution in [0.1, 0.15) is 50.3 Å². The lowest BCUT2D eigenvalue weighted by Gasteiger charge is -2.45. The van der Waals surface area contributed by atoms with Crippen molar-refractivity contribution in [1.82, 2.24) is 5.32 Å². The molecule has 0 aliphatic carbocycles. The van der Waals surface area contributed by atoms with Crippen molar-refractivity contribution in [1.29, 1.82) is 0 Å². The number of methoxy groups -OCH3 is 1. The van der Waals surface area contributed by atoms with Gasteiger partial charge in [-0.3, -0.25) is 0 Å². The number of amides is 1. The van der Waals surface area contributed by atoms with Crippen LogP contribution in [0.4, 0.5) is 4.79 Å². The van der Waals surface area contributed by atoms with Crippen molar-refractivity contribution in [2.45, 2.75) is 95.6 Å². The number of alkyl carbamates (subject to hydrolysis) is 1. The zero-order valence-corrected chi connectivity index (χ0v) is 27.6. The van der Waals surface area contributed by atoms with Crippen molar-refractivity contribution < 1.29 is 43.1 Å². The summed E-state index contributed by atoms with van der Waals surface area (Å²) in [5.41, 5.74) is 2.16. The molecule has 1 saturated heterocycles. The zero-order chi connectivity index (χ0) is 33.6. The van der Waals surface area contributed by atoms with E-state index in [9.17, 15) is 14.7 Å². The van der Waals surface area contributed by atoms with Gasteiger partial charge in [-0.15, -0.1) is 0 Å². The number of esters is 1. The highest BCUT2D eigenvalue weighted by molar-refractivity contribution is 5.81. The van der Waals surface area contributed by atoms with E-state index in [1.165, 1.54) is 7.11 Å². The minimum atomic E-state index is -1.12. The lowest BCUT2D eigenvalue weighted by molar-refractivity contribution is -0.262. The van der Waals surface area contributed by atoms with Crippen LogP contribution >= 0.6 is 0 Å². The first-order chi connectivity index (χ1) is 22.6. The molecular weight excluding hydrogens is 602 g/mol. The largest absolute Gasteiger partial charge is 0.467 e. The molecule has 0 aromatic heterocycles. The highest BCUT2D eigenvalue weighted by Gasteiger charge is 2.47. The van der Waals surface area contributed by atoms with Gasteiger partial charge in [-0.1, -0.05) is 91.0 Å². The maximum Gasteiger partial charge on any atom is 0.408 e. The summed E-state index contributed by atoms with van der Waals surface area (Å²) in [4.78, 5) is 25.2. The van der Waals surface area contributed by atoms with Crippen molar-refractivity contribution in [3.8, 4) is 0 Å². The number of hydrogen-bond acceptors (Lipinski definition) is 9. The molecule has 2 N–H and O–H groups in total. The van der Waals surface area contributed by atoms with Gasteiger partial charge < -0.3 is 38.8 Å². The Labute approximate surface area is 277 Å². The molecule has 10 heteroatoms. The van der Waals surface area contributed by atoms with E-state index in [4.69, 9.17) is 28.4 Å². The molecule has 0 bridgehead atoms. The fourth-order valence-corrected chi connectivity index (χ4v) is 5.34. The average molecular weight is 650 g/mol. The van der Waals surface area contributed by atoms with Gasteiger partial charge in [-0.05, 0) is 50.3 Å². The van der Waals surface area contributed by atoms with Crippen molar-refractivity contribution in [2.75, 3.05) is 13.7 Å². The van der Waals surface area contributed by atoms with E-state index in [1.54, 1.807) is 20.8 Å². The number of carbonyl (C=O) groups excluding carboxylic acids is 2. The van der Waals surface area contributed by atoms with Gasteiger partial charge in [0, 0.05) is 0 Å². The summed E-state index contributed by atoms with van der Waals surface area (Å²) in [6.07, 6.45) is -4.42. The Hall–Kier alpha value is -3.80. The molecule has 1 fully saturated rings. The molecule has 3 aromatic rings. The predicted molar refractivity (Wildman–Crippen MR) is 175 cm³/mol. The summed E-state index contributed by atoms with van der Waals surface area (Å²) in [6.45, 7) is 6.24. The van der Waals surface area contributed by atoms with E-state index in [2.05, 4.69) is 5.32 Å². The molecular formula is C37H47NO9. The van der Waals surface area contributed by atoms with E-state index in [0.717, 1.165) is 16.7 Å². The van der Waals surface area contributed by atoms with E-state index < -0.39 is 54.2 Å². The Balaban J connectivity index is 1.54. The van der Waals surface area contributed by atoms with Gasteiger partial charge >= 0.3 is 12.1 Å². The molecule has 0 unspecified atom stereocenters. The number of ether oxygens (including phenoxy) is 6. The number of nitrogens with one attached hydrogen (secondary N) is 1. The van der Waals surface area contributed by atoms with Crippen LogP contribution in [-0.4, -0.2) is 73.0 Å². The number of benzene rings is 3. The Bertz CT molecular complexity index is 1350. The van der Waals surface area contributed by atoms with E-state index in [0.29, 0.717) is 6.61 Å². The summed E-state index contributed by atoms with van der Waals surface area (Å²) < 4.78 is 35.8. The second-order valence-corrected chi connectivity index (χ2v) is 12.5. The molecule has 0 radical (unpaired) electrons. The Morgan fingerprint density at radius 2 is 1.30 bits per heavy atom. The second-order valence-electron chi connectivity index (χ2n) is 12.5. The summed E-state index contributed by atoms with van der Waals surface area (Å²) in [5.74, 6) is -0.634. The van der Waals surface area contributed by atoms with Gasteiger partial charge in [0.25, 0.3) is 0 Å². The number of rotatable bonds is 15. The van der Waals surface area contributed by atoms with Crippen LogP contribution in [0, 0.1) is 0 Å². The van der Waals surface area contributed by atoms with E-state index >= 15 is 0 Å². The minimum Gasteiger partial charge on any atom is -0.467 e. The Kier molecular flexibility index (Phi) is 13.8. The second kappa shape index (κ2) is 17.9. The molecule has 0 saturated carbocycles. The van der Waals surface area contributed by atoms with E-state index in [-0.39, 0.29) is 32.7 Å². The first-order valence-electron chi connectivity index (χ1n) is 16.0. The molecule has 3 aromatic carbocycles. The number of aliphatic hydroxyl groups excluding tert-OH is 1. The van der Waals surface area contributed by atoms with Gasteiger partial charge in [-0.25, -0.2) is 9.59 Å². The monoisotopic (exact) mass is 649 g/mol. The zero-order valence-electron chi connectivity index (χ0n) is 27.6. The third-order valence-electron chi connectivity index (χ3n) is 7.64. The van der Waals surface area contributed by atoms with Crippen LogP contribution in [0.25, 0.3) is 0 Å². The molecule has 0 spiro atoms. The van der Waals surface area contributed by atoms with Crippen molar-refractivity contribution >= 4 is 12.1 Å². The lowest BCUT2D eigenvalue weighted by Crippen LogP contribution is -2.60. The minimum absolute atomic E-state index is 0.117. The van der Waals surface area contributed by atoms with Crippen molar-refractivity contribution in [3.63, 3.8) is 0 Å². The first-order valence-corrected chi connectivity index (χ1v) is 16.0. The van der Waals surface area contributed by atoms with E-state index in [1.807, 2.05) is 91.0 Å². The van der Waals surface area contributed by atoms with Crippen LogP contribution in [0.2, 0.25) is 0 Å². The summed E-state index contributed by atoms with van der Waals surface area (Å²) in [6, 6.07) is 28.2. The van der Waals surface area contributed by atoms with Crippen LogP contribution in [0.3, 0.4) is 0 Å². The number of carbonyl (C=O) groups is 2. The molecule has 1 heterocycles. The summed E-state index contributed by atoms with van der Waals surface area (Å²) >= 11 is 0. The standard InChI is InChI=1S/C37H47NO9/c1-37(2,3)47-36(41)38-29(35(40)42-4)20-21-30-32(39)34(45-24-28-18-12-7-13-19-28)33(44-23-27-16-10-6-11-17-27)31(46-30)25-43-22-26-14-8-5-9-15-26/h5-19,29-34,39H,20-25H2,1-4H3,(H,38,41)/t29-,30+,31+,32-,33+,34+/m0/s1. The maximum atomic E-state index is 12.6. The predicted octanol–water partition coefficient (Wildman–Crippen LogP) is 5.35. The third-order valence-corrected chi connectivity index (χ3v) is 7.64. The molecule has 1 aliphatic rings. The fraction of sp³-hybridized carbons (Fsp3) is 0.459. The van der Waals surface area contributed by atoms with Crippen LogP contribution in [0.15, 0.2) is 91.0 Å². The number of hydrogen-bond donors (Lipinski definition) is 2. The highest BCUT2D eigenvalue weighted by Crippen LogP contribution is 2.31. The van der Waals surface area contributed by atoms with Crippen molar-refractivity contribution in [3.05, 3.63) is 108 Å². The SMILES string of the molecule is COC(=O)[C@H](CC[C@H]1O[C@H](COCc2ccccc2)[C@@H](OCc2ccccc2)[C@H](OCc2ccccc2)[C@H]1O)NC(=O)OC(C)(C)C. The molecule has 6 atom stereocenters. The highest BCUT2D eigenvalue weighted by atomic mass is 16.6. The van der Waals surface area contributed by atoms with Crippen molar-refractivity contribution in [2.24, 2.45) is 0 Å². The van der Waals surface area contributed by atoms with Crippen LogP contribution in [0.5, 0.6) is 0 Å². The molecule has 254 valence electrons. The Morgan fingerprint density at radius 3 is 1.81 bits per heavy atom. The topological polar surface area (TPSA) is 122 Å². The summed E-state index contributed by atoms with van der Waals surface area (Å²) in [5, 5.41) is 14.3. The van der Waals surface area contributed by atoms with Gasteiger partial charge in [0.15, 0.2) is 0 Å². The van der Waals surface area contributed by atoms with Gasteiger partial charge in [0.2, 0.25) is 0 Å². The van der Waals surface area contributed by atoms with Gasteiger partial charge in [0.05, 0.1) is 39.6 Å². The quantitative estimate of drug-likeness (QED) is 0.210. The lowest BCUT2D eigenvalue weighted by atomic mass is 9.91. The van der Waals surface area contributed by atoms with Gasteiger partial charge in [0.1, 0.15) is 36.1 Å². The molecule has 47 heavy (non-hydrogen) atoms. The van der Waals surface area contributed by atoms with Crippen LogP contribution < -0.4 is 5.32 Å². The maximum absolute atomic E-state index is 12.6. The molecule has 1 aliphatic heterocycles. The third kappa shape index (κ3) is 11.7. The Morgan fingerprint density at radius 1 is 0.787 bits per heavy atom. The normalized spacial score (nSPS) is 21.9. The molecule has 1 amide bonds. The average Bonchev–Trinajstić information content (AvgIpc) is 3.06. The fourth-order valence-electron chi connectivity index (χ4n) is 5.34.